The Morgan fingerprint density at radius 2 is 1.77 bits per heavy atom. The van der Waals surface area contributed by atoms with Crippen molar-refractivity contribution >= 4 is 23.5 Å². The number of rotatable bonds is 4. The van der Waals surface area contributed by atoms with E-state index in [-0.39, 0.29) is 17.7 Å². The van der Waals surface area contributed by atoms with Crippen LogP contribution in [0, 0.1) is 11.8 Å². The lowest BCUT2D eigenvalue weighted by Crippen LogP contribution is -2.44. The van der Waals surface area contributed by atoms with Gasteiger partial charge in [0.15, 0.2) is 0 Å². The van der Waals surface area contributed by atoms with Crippen LogP contribution in [-0.4, -0.2) is 40.9 Å². The Balaban J connectivity index is 1.85. The van der Waals surface area contributed by atoms with Crippen LogP contribution in [0.15, 0.2) is 30.3 Å². The minimum atomic E-state index is -1.12. The number of likely N-dealkylation sites (tertiary alicyclic amines) is 1. The number of carboxylic acid groups (broad SMARTS) is 1. The van der Waals surface area contributed by atoms with Crippen molar-refractivity contribution in [3.63, 3.8) is 0 Å². The highest BCUT2D eigenvalue weighted by Crippen LogP contribution is 2.20. The molecule has 0 spiro atoms. The van der Waals surface area contributed by atoms with Gasteiger partial charge in [-0.1, -0.05) is 18.2 Å². The van der Waals surface area contributed by atoms with Gasteiger partial charge in [0.05, 0.1) is 0 Å². The number of aliphatic carboxylic acids is 1. The van der Waals surface area contributed by atoms with Crippen LogP contribution in [-0.2, 0) is 14.4 Å². The number of anilines is 1. The third kappa shape index (κ3) is 3.84. The molecule has 0 saturated carbocycles. The normalized spacial score (nSPS) is 16.9. The van der Waals surface area contributed by atoms with Gasteiger partial charge in [0.25, 0.3) is 0 Å². The van der Waals surface area contributed by atoms with E-state index >= 15 is 0 Å². The molecule has 1 aromatic rings. The van der Waals surface area contributed by atoms with Crippen molar-refractivity contribution in [3.05, 3.63) is 30.3 Å². The van der Waals surface area contributed by atoms with Gasteiger partial charge in [0.2, 0.25) is 11.8 Å². The Labute approximate surface area is 129 Å². The van der Waals surface area contributed by atoms with Crippen molar-refractivity contribution in [2.45, 2.75) is 19.8 Å². The van der Waals surface area contributed by atoms with Crippen LogP contribution in [0.2, 0.25) is 0 Å². The lowest BCUT2D eigenvalue weighted by Gasteiger charge is -2.32. The van der Waals surface area contributed by atoms with Crippen LogP contribution in [0.3, 0.4) is 0 Å². The molecule has 1 saturated heterocycles. The van der Waals surface area contributed by atoms with E-state index in [1.54, 1.807) is 0 Å². The summed E-state index contributed by atoms with van der Waals surface area (Å²) >= 11 is 0. The van der Waals surface area contributed by atoms with E-state index in [9.17, 15) is 14.4 Å². The van der Waals surface area contributed by atoms with Gasteiger partial charge >= 0.3 is 5.97 Å². The average molecular weight is 304 g/mol. The minimum Gasteiger partial charge on any atom is -0.481 e. The van der Waals surface area contributed by atoms with E-state index in [0.717, 1.165) is 5.69 Å². The largest absolute Gasteiger partial charge is 0.481 e. The van der Waals surface area contributed by atoms with Gasteiger partial charge in [-0.2, -0.15) is 0 Å². The Bertz CT molecular complexity index is 551. The number of carbonyl (C=O) groups excluding carboxylic acids is 2. The summed E-state index contributed by atoms with van der Waals surface area (Å²) in [7, 11) is 0. The third-order valence-electron chi connectivity index (χ3n) is 3.96. The maximum Gasteiger partial charge on any atom is 0.315 e. The second kappa shape index (κ2) is 7.06. The molecule has 1 aliphatic rings. The number of amides is 2. The summed E-state index contributed by atoms with van der Waals surface area (Å²) in [5, 5.41) is 11.7. The van der Waals surface area contributed by atoms with Gasteiger partial charge < -0.3 is 15.3 Å². The topological polar surface area (TPSA) is 86.7 Å². The van der Waals surface area contributed by atoms with Gasteiger partial charge in [0, 0.05) is 24.7 Å². The molecule has 2 N–H and O–H groups in total. The predicted molar refractivity (Wildman–Crippen MR) is 81.2 cm³/mol. The summed E-state index contributed by atoms with van der Waals surface area (Å²) in [5.74, 6) is -2.73. The SMILES string of the molecule is CC(C(=O)O)C(=O)N1CCC(C(=O)Nc2ccccc2)CC1. The molecule has 1 atom stereocenters. The molecule has 2 rings (SSSR count). The lowest BCUT2D eigenvalue weighted by molar-refractivity contribution is -0.151. The summed E-state index contributed by atoms with van der Waals surface area (Å²) in [6.45, 7) is 2.23. The van der Waals surface area contributed by atoms with E-state index in [4.69, 9.17) is 5.11 Å². The zero-order chi connectivity index (χ0) is 16.1. The molecule has 22 heavy (non-hydrogen) atoms. The molecule has 0 bridgehead atoms. The van der Waals surface area contributed by atoms with Crippen molar-refractivity contribution in [2.75, 3.05) is 18.4 Å². The standard InChI is InChI=1S/C16H20N2O4/c1-11(16(21)22)15(20)18-9-7-12(8-10-18)14(19)17-13-5-3-2-4-6-13/h2-6,11-12H,7-10H2,1H3,(H,17,19)(H,21,22). The van der Waals surface area contributed by atoms with Gasteiger partial charge in [-0.05, 0) is 31.9 Å². The van der Waals surface area contributed by atoms with Crippen molar-refractivity contribution in [1.29, 1.82) is 0 Å². The monoisotopic (exact) mass is 304 g/mol. The van der Waals surface area contributed by atoms with Crippen molar-refractivity contribution < 1.29 is 19.5 Å². The van der Waals surface area contributed by atoms with Crippen molar-refractivity contribution in [3.8, 4) is 0 Å². The Hall–Kier alpha value is -2.37. The summed E-state index contributed by atoms with van der Waals surface area (Å²) < 4.78 is 0. The maximum atomic E-state index is 12.2. The summed E-state index contributed by atoms with van der Waals surface area (Å²) in [4.78, 5) is 36.5. The number of carboxylic acids is 1. The van der Waals surface area contributed by atoms with Crippen molar-refractivity contribution in [1.82, 2.24) is 4.90 Å². The highest BCUT2D eigenvalue weighted by atomic mass is 16.4. The average Bonchev–Trinajstić information content (AvgIpc) is 2.54. The van der Waals surface area contributed by atoms with Crippen LogP contribution in [0.25, 0.3) is 0 Å². The van der Waals surface area contributed by atoms with Gasteiger partial charge in [-0.15, -0.1) is 0 Å². The number of nitrogens with one attached hydrogen (secondary N) is 1. The van der Waals surface area contributed by atoms with Crippen LogP contribution in [0.1, 0.15) is 19.8 Å². The van der Waals surface area contributed by atoms with E-state index in [1.165, 1.54) is 11.8 Å². The number of hydrogen-bond donors (Lipinski definition) is 2. The zero-order valence-electron chi connectivity index (χ0n) is 12.5. The first kappa shape index (κ1) is 16.0. The molecular formula is C16H20N2O4. The maximum absolute atomic E-state index is 12.2. The molecule has 1 heterocycles. The van der Waals surface area contributed by atoms with Gasteiger partial charge in [0.1, 0.15) is 5.92 Å². The third-order valence-corrected chi connectivity index (χ3v) is 3.96. The molecule has 1 fully saturated rings. The highest BCUT2D eigenvalue weighted by Gasteiger charge is 2.31. The number of carbonyl (C=O) groups is 3. The lowest BCUT2D eigenvalue weighted by atomic mass is 9.95. The molecule has 0 radical (unpaired) electrons. The molecule has 1 unspecified atom stereocenters. The summed E-state index contributed by atoms with van der Waals surface area (Å²) in [6.07, 6.45) is 1.10. The van der Waals surface area contributed by atoms with Crippen LogP contribution >= 0.6 is 0 Å². The fourth-order valence-electron chi connectivity index (χ4n) is 2.51. The predicted octanol–water partition coefficient (Wildman–Crippen LogP) is 1.58. The second-order valence-corrected chi connectivity index (χ2v) is 5.51. The Kier molecular flexibility index (Phi) is 5.14. The quantitative estimate of drug-likeness (QED) is 0.827. The molecule has 6 nitrogen and oxygen atoms in total. The fraction of sp³-hybridized carbons (Fsp3) is 0.438. The zero-order valence-corrected chi connectivity index (χ0v) is 12.5. The molecular weight excluding hydrogens is 284 g/mol. The first-order chi connectivity index (χ1) is 10.5. The number of piperidine rings is 1. The van der Waals surface area contributed by atoms with Crippen molar-refractivity contribution in [2.24, 2.45) is 11.8 Å². The second-order valence-electron chi connectivity index (χ2n) is 5.51. The molecule has 1 aromatic carbocycles. The highest BCUT2D eigenvalue weighted by molar-refractivity contribution is 5.97. The van der Waals surface area contributed by atoms with Crippen LogP contribution < -0.4 is 5.32 Å². The first-order valence-corrected chi connectivity index (χ1v) is 7.36. The summed E-state index contributed by atoms with van der Waals surface area (Å²) in [5.41, 5.74) is 0.755. The molecule has 1 aliphatic heterocycles. The first-order valence-electron chi connectivity index (χ1n) is 7.36. The smallest absolute Gasteiger partial charge is 0.315 e. The van der Waals surface area contributed by atoms with E-state index in [1.807, 2.05) is 30.3 Å². The number of nitrogens with zero attached hydrogens (tertiary/aromatic N) is 1. The van der Waals surface area contributed by atoms with E-state index < -0.39 is 11.9 Å². The molecule has 118 valence electrons. The number of benzene rings is 1. The van der Waals surface area contributed by atoms with Gasteiger partial charge in [-0.25, -0.2) is 0 Å². The molecule has 2 amide bonds. The summed E-state index contributed by atoms with van der Waals surface area (Å²) in [6, 6.07) is 9.23. The van der Waals surface area contributed by atoms with Crippen LogP contribution in [0.5, 0.6) is 0 Å². The van der Waals surface area contributed by atoms with E-state index in [2.05, 4.69) is 5.32 Å². The van der Waals surface area contributed by atoms with Crippen LogP contribution in [0.4, 0.5) is 5.69 Å². The number of para-hydroxylation sites is 1. The molecule has 0 aliphatic carbocycles. The Morgan fingerprint density at radius 3 is 2.32 bits per heavy atom. The number of hydrogen-bond acceptors (Lipinski definition) is 3. The van der Waals surface area contributed by atoms with Gasteiger partial charge in [-0.3, -0.25) is 14.4 Å². The minimum absolute atomic E-state index is 0.0513. The Morgan fingerprint density at radius 1 is 1.18 bits per heavy atom. The van der Waals surface area contributed by atoms with E-state index in [0.29, 0.717) is 25.9 Å². The molecule has 0 aromatic heterocycles. The fourth-order valence-corrected chi connectivity index (χ4v) is 2.51. The molecule has 6 heteroatoms.